The van der Waals surface area contributed by atoms with E-state index >= 15 is 0 Å². The number of benzene rings is 2. The first-order valence-electron chi connectivity index (χ1n) is 14.0. The van der Waals surface area contributed by atoms with Gasteiger partial charge in [0, 0.05) is 28.1 Å². The standard InChI is InChI=1S/C31H36N4O4/c1-31(16-7-8-17-31)27(37)19-34-26-15-6-5-14-25(26)29(23-11-3-2-4-12-23)33-35(30(34)39)20-28(38)32-24-13-9-10-22(18-24)21-36/h5-6,9-10,13-15,18,21,23H,2-4,7-8,11-12,16-17,19-20H2,1H3,(H,32,38). The lowest BCUT2D eigenvalue weighted by atomic mass is 9.82. The third kappa shape index (κ3) is 5.79. The van der Waals surface area contributed by atoms with Crippen molar-refractivity contribution in [2.75, 3.05) is 23.3 Å². The number of para-hydroxylation sites is 1. The van der Waals surface area contributed by atoms with E-state index in [9.17, 15) is 19.2 Å². The highest BCUT2D eigenvalue weighted by Crippen LogP contribution is 2.40. The number of rotatable bonds is 8. The summed E-state index contributed by atoms with van der Waals surface area (Å²) in [6.45, 7) is 1.63. The molecule has 204 valence electrons. The van der Waals surface area contributed by atoms with Crippen LogP contribution in [0.5, 0.6) is 0 Å². The lowest BCUT2D eigenvalue weighted by Crippen LogP contribution is -2.47. The highest BCUT2D eigenvalue weighted by molar-refractivity contribution is 6.13. The number of hydrogen-bond donors (Lipinski definition) is 1. The highest BCUT2D eigenvalue weighted by Gasteiger charge is 2.40. The van der Waals surface area contributed by atoms with Crippen LogP contribution in [0.2, 0.25) is 0 Å². The SMILES string of the molecule is CC1(C(=O)CN2C(=O)N(CC(=O)Nc3cccc(C=O)c3)N=C(C3CCCCC3)c3ccccc32)CCCC1. The zero-order valence-electron chi connectivity index (χ0n) is 22.5. The van der Waals surface area contributed by atoms with Crippen molar-refractivity contribution < 1.29 is 19.2 Å². The third-order valence-corrected chi connectivity index (χ3v) is 8.42. The van der Waals surface area contributed by atoms with E-state index in [1.165, 1.54) is 16.3 Å². The second kappa shape index (κ2) is 11.5. The zero-order valence-corrected chi connectivity index (χ0v) is 22.5. The molecule has 1 heterocycles. The number of carbonyl (C=O) groups is 4. The Labute approximate surface area is 229 Å². The summed E-state index contributed by atoms with van der Waals surface area (Å²) < 4.78 is 0. The summed E-state index contributed by atoms with van der Waals surface area (Å²) in [6.07, 6.45) is 9.69. The summed E-state index contributed by atoms with van der Waals surface area (Å²) in [5.74, 6) is -0.219. The van der Waals surface area contributed by atoms with E-state index in [0.29, 0.717) is 23.2 Å². The Morgan fingerprint density at radius 3 is 2.49 bits per heavy atom. The minimum atomic E-state index is -0.486. The predicted octanol–water partition coefficient (Wildman–Crippen LogP) is 5.81. The largest absolute Gasteiger partial charge is 0.345 e. The first kappa shape index (κ1) is 26.8. The second-order valence-electron chi connectivity index (χ2n) is 11.2. The van der Waals surface area contributed by atoms with E-state index in [0.717, 1.165) is 62.6 Å². The molecule has 0 unspecified atom stereocenters. The van der Waals surface area contributed by atoms with Gasteiger partial charge in [0.25, 0.3) is 0 Å². The maximum Gasteiger partial charge on any atom is 0.345 e. The summed E-state index contributed by atoms with van der Waals surface area (Å²) in [7, 11) is 0. The first-order chi connectivity index (χ1) is 18.9. The number of hydrazone groups is 1. The molecule has 2 fully saturated rings. The molecular weight excluding hydrogens is 492 g/mol. The number of fused-ring (bicyclic) bond motifs is 1. The number of ketones is 1. The molecule has 0 radical (unpaired) electrons. The molecule has 2 aliphatic carbocycles. The van der Waals surface area contributed by atoms with Gasteiger partial charge in [0.15, 0.2) is 5.78 Å². The van der Waals surface area contributed by atoms with Gasteiger partial charge in [0.05, 0.1) is 17.9 Å². The summed E-state index contributed by atoms with van der Waals surface area (Å²) in [5, 5.41) is 8.84. The van der Waals surface area contributed by atoms with Crippen LogP contribution in [0.15, 0.2) is 53.6 Å². The van der Waals surface area contributed by atoms with Crippen LogP contribution in [0.1, 0.15) is 80.6 Å². The molecule has 0 saturated heterocycles. The van der Waals surface area contributed by atoms with Crippen LogP contribution < -0.4 is 10.2 Å². The number of amides is 3. The molecule has 2 aromatic rings. The molecule has 8 heteroatoms. The van der Waals surface area contributed by atoms with Gasteiger partial charge in [-0.1, -0.05) is 69.4 Å². The third-order valence-electron chi connectivity index (χ3n) is 8.42. The summed E-state index contributed by atoms with van der Waals surface area (Å²) in [6, 6.07) is 13.8. The van der Waals surface area contributed by atoms with Gasteiger partial charge in [-0.05, 0) is 43.9 Å². The molecule has 0 spiro atoms. The van der Waals surface area contributed by atoms with Crippen LogP contribution >= 0.6 is 0 Å². The Balaban J connectivity index is 1.48. The van der Waals surface area contributed by atoms with E-state index in [-0.39, 0.29) is 24.8 Å². The number of aldehydes is 1. The van der Waals surface area contributed by atoms with Gasteiger partial charge >= 0.3 is 6.03 Å². The highest BCUT2D eigenvalue weighted by atomic mass is 16.2. The van der Waals surface area contributed by atoms with Crippen LogP contribution in [0.4, 0.5) is 16.2 Å². The number of nitrogens with one attached hydrogen (secondary N) is 1. The van der Waals surface area contributed by atoms with E-state index in [1.807, 2.05) is 31.2 Å². The van der Waals surface area contributed by atoms with E-state index in [2.05, 4.69) is 5.32 Å². The fourth-order valence-electron chi connectivity index (χ4n) is 6.12. The fraction of sp³-hybridized carbons (Fsp3) is 0.452. The molecule has 39 heavy (non-hydrogen) atoms. The van der Waals surface area contributed by atoms with Crippen molar-refractivity contribution >= 4 is 41.1 Å². The molecule has 0 aromatic heterocycles. The Kier molecular flexibility index (Phi) is 7.91. The maximum atomic E-state index is 14.0. The first-order valence-corrected chi connectivity index (χ1v) is 14.0. The van der Waals surface area contributed by atoms with Gasteiger partial charge in [0.1, 0.15) is 12.8 Å². The monoisotopic (exact) mass is 528 g/mol. The van der Waals surface area contributed by atoms with Crippen molar-refractivity contribution in [3.05, 3.63) is 59.7 Å². The molecule has 2 aromatic carbocycles. The number of carbonyl (C=O) groups excluding carboxylic acids is 4. The predicted molar refractivity (Wildman–Crippen MR) is 151 cm³/mol. The van der Waals surface area contributed by atoms with Crippen LogP contribution in [0.3, 0.4) is 0 Å². The van der Waals surface area contributed by atoms with Gasteiger partial charge in [-0.3, -0.25) is 19.3 Å². The number of nitrogens with zero attached hydrogens (tertiary/aromatic N) is 3. The average molecular weight is 529 g/mol. The van der Waals surface area contributed by atoms with E-state index in [4.69, 9.17) is 5.10 Å². The van der Waals surface area contributed by atoms with Crippen molar-refractivity contribution in [2.45, 2.75) is 64.7 Å². The zero-order chi connectivity index (χ0) is 27.4. The Bertz CT molecular complexity index is 1290. The van der Waals surface area contributed by atoms with Crippen molar-refractivity contribution in [1.29, 1.82) is 0 Å². The molecule has 2 saturated carbocycles. The van der Waals surface area contributed by atoms with Crippen molar-refractivity contribution in [3.8, 4) is 0 Å². The number of Topliss-reactive ketones (excluding diaryl/α,β-unsaturated/α-hetero) is 1. The molecule has 5 rings (SSSR count). The second-order valence-corrected chi connectivity index (χ2v) is 11.2. The van der Waals surface area contributed by atoms with Gasteiger partial charge in [0.2, 0.25) is 5.91 Å². The van der Waals surface area contributed by atoms with Crippen LogP contribution in [-0.4, -0.2) is 47.8 Å². The van der Waals surface area contributed by atoms with Gasteiger partial charge in [-0.15, -0.1) is 0 Å². The molecule has 0 bridgehead atoms. The van der Waals surface area contributed by atoms with Crippen molar-refractivity contribution in [2.24, 2.45) is 16.4 Å². The van der Waals surface area contributed by atoms with Gasteiger partial charge < -0.3 is 5.32 Å². The normalized spacial score (nSPS) is 19.2. The Morgan fingerprint density at radius 1 is 1.00 bits per heavy atom. The fourth-order valence-corrected chi connectivity index (χ4v) is 6.12. The molecule has 1 aliphatic heterocycles. The molecule has 8 nitrogen and oxygen atoms in total. The van der Waals surface area contributed by atoms with Crippen LogP contribution in [-0.2, 0) is 9.59 Å². The number of anilines is 2. The molecule has 3 aliphatic rings. The smallest absolute Gasteiger partial charge is 0.324 e. The quantitative estimate of drug-likeness (QED) is 0.437. The molecular formula is C31H36N4O4. The Morgan fingerprint density at radius 2 is 1.74 bits per heavy atom. The maximum absolute atomic E-state index is 14.0. The summed E-state index contributed by atoms with van der Waals surface area (Å²) in [5.41, 5.74) is 2.79. The molecule has 1 N–H and O–H groups in total. The van der Waals surface area contributed by atoms with E-state index in [1.54, 1.807) is 24.3 Å². The topological polar surface area (TPSA) is 99.1 Å². The van der Waals surface area contributed by atoms with Gasteiger partial charge in [-0.2, -0.15) is 5.10 Å². The average Bonchev–Trinajstić information content (AvgIpc) is 3.37. The Hall–Kier alpha value is -3.81. The number of hydrogen-bond acceptors (Lipinski definition) is 5. The lowest BCUT2D eigenvalue weighted by molar-refractivity contribution is -0.126. The van der Waals surface area contributed by atoms with Crippen LogP contribution in [0.25, 0.3) is 0 Å². The molecule has 0 atom stereocenters. The number of urea groups is 1. The minimum absolute atomic E-state index is 0.0411. The van der Waals surface area contributed by atoms with Crippen molar-refractivity contribution in [3.63, 3.8) is 0 Å². The van der Waals surface area contributed by atoms with Gasteiger partial charge in [-0.25, -0.2) is 9.80 Å². The summed E-state index contributed by atoms with van der Waals surface area (Å²) >= 11 is 0. The van der Waals surface area contributed by atoms with Crippen LogP contribution in [0, 0.1) is 11.3 Å². The van der Waals surface area contributed by atoms with E-state index < -0.39 is 17.4 Å². The minimum Gasteiger partial charge on any atom is -0.324 e. The lowest BCUT2D eigenvalue weighted by Gasteiger charge is -2.29. The van der Waals surface area contributed by atoms with Crippen molar-refractivity contribution in [1.82, 2.24) is 5.01 Å². The molecule has 3 amide bonds. The summed E-state index contributed by atoms with van der Waals surface area (Å²) in [4.78, 5) is 53.4.